The van der Waals surface area contributed by atoms with Crippen molar-refractivity contribution in [3.8, 4) is 5.69 Å². The molecule has 2 fully saturated rings. The zero-order valence-electron chi connectivity index (χ0n) is 13.6. The third-order valence-corrected chi connectivity index (χ3v) is 5.82. The number of nitrogens with zero attached hydrogens (tertiary/aromatic N) is 3. The molecule has 0 amide bonds. The predicted octanol–water partition coefficient (Wildman–Crippen LogP) is 3.72. The number of thioether (sulfide) groups is 1. The summed E-state index contributed by atoms with van der Waals surface area (Å²) in [5.41, 5.74) is 1.03. The quantitative estimate of drug-likeness (QED) is 0.792. The van der Waals surface area contributed by atoms with Gasteiger partial charge in [-0.3, -0.25) is 4.79 Å². The summed E-state index contributed by atoms with van der Waals surface area (Å²) in [6.45, 7) is 0.505. The molecular formula is C18H21N3O2S. The molecule has 0 N–H and O–H groups in total. The van der Waals surface area contributed by atoms with Gasteiger partial charge in [0.2, 0.25) is 5.16 Å². The molecule has 2 aromatic rings. The number of para-hydroxylation sites is 1. The number of ether oxygens (including phenoxy) is 1. The van der Waals surface area contributed by atoms with Crippen LogP contribution in [0.4, 0.5) is 0 Å². The van der Waals surface area contributed by atoms with Gasteiger partial charge < -0.3 is 4.74 Å². The van der Waals surface area contributed by atoms with Gasteiger partial charge in [0, 0.05) is 12.3 Å². The summed E-state index contributed by atoms with van der Waals surface area (Å²) in [4.78, 5) is 16.6. The van der Waals surface area contributed by atoms with Crippen molar-refractivity contribution in [2.75, 3.05) is 6.61 Å². The number of carbonyl (C=O) groups is 1. The number of rotatable bonds is 4. The molecule has 2 heterocycles. The Kier molecular flexibility index (Phi) is 4.56. The van der Waals surface area contributed by atoms with Gasteiger partial charge in [-0.2, -0.15) is 0 Å². The van der Waals surface area contributed by atoms with Crippen molar-refractivity contribution >= 4 is 17.7 Å². The average molecular weight is 343 g/mol. The van der Waals surface area contributed by atoms with E-state index in [2.05, 4.69) is 12.1 Å². The van der Waals surface area contributed by atoms with Crippen LogP contribution in [0.2, 0.25) is 0 Å². The van der Waals surface area contributed by atoms with Crippen LogP contribution in [-0.2, 0) is 9.53 Å². The summed E-state index contributed by atoms with van der Waals surface area (Å²) in [5.74, 6) is 1.35. The minimum absolute atomic E-state index is 0.143. The molecule has 1 aromatic heterocycles. The summed E-state index contributed by atoms with van der Waals surface area (Å²) in [6, 6.07) is 10.1. The second-order valence-corrected chi connectivity index (χ2v) is 7.57. The molecule has 2 aliphatic rings. The van der Waals surface area contributed by atoms with Crippen molar-refractivity contribution in [3.63, 3.8) is 0 Å². The molecule has 1 aromatic carbocycles. The smallest absolute Gasteiger partial charge is 0.319 e. The van der Waals surface area contributed by atoms with Gasteiger partial charge in [0.25, 0.3) is 0 Å². The van der Waals surface area contributed by atoms with Crippen LogP contribution >= 0.6 is 11.8 Å². The minimum Gasteiger partial charge on any atom is -0.465 e. The van der Waals surface area contributed by atoms with Gasteiger partial charge in [-0.05, 0) is 25.0 Å². The van der Waals surface area contributed by atoms with Gasteiger partial charge in [0.1, 0.15) is 11.1 Å². The molecule has 1 unspecified atom stereocenters. The number of hydrogen-bond acceptors (Lipinski definition) is 5. The Hall–Kier alpha value is -1.82. The molecule has 1 aliphatic heterocycles. The van der Waals surface area contributed by atoms with E-state index in [1.165, 1.54) is 43.9 Å². The number of benzene rings is 1. The SMILES string of the molecule is O=C1OCCC1Sc1nc(C2CCCCC2)n(-c2ccccc2)n1. The Bertz CT molecular complexity index is 710. The van der Waals surface area contributed by atoms with Crippen LogP contribution in [0.5, 0.6) is 0 Å². The molecular weight excluding hydrogens is 322 g/mol. The largest absolute Gasteiger partial charge is 0.465 e. The van der Waals surface area contributed by atoms with Crippen molar-refractivity contribution in [2.45, 2.75) is 54.8 Å². The van der Waals surface area contributed by atoms with Gasteiger partial charge in [-0.25, -0.2) is 9.67 Å². The molecule has 1 atom stereocenters. The van der Waals surface area contributed by atoms with Gasteiger partial charge in [-0.15, -0.1) is 5.10 Å². The maximum absolute atomic E-state index is 11.7. The molecule has 126 valence electrons. The fourth-order valence-electron chi connectivity index (χ4n) is 3.45. The first kappa shape index (κ1) is 15.7. The molecule has 5 nitrogen and oxygen atoms in total. The van der Waals surface area contributed by atoms with E-state index < -0.39 is 0 Å². The van der Waals surface area contributed by atoms with Crippen molar-refractivity contribution in [3.05, 3.63) is 36.2 Å². The number of esters is 1. The fraction of sp³-hybridized carbons (Fsp3) is 0.500. The van der Waals surface area contributed by atoms with E-state index in [-0.39, 0.29) is 11.2 Å². The fourth-order valence-corrected chi connectivity index (χ4v) is 4.36. The first-order valence-corrected chi connectivity index (χ1v) is 9.55. The van der Waals surface area contributed by atoms with Gasteiger partial charge in [0.15, 0.2) is 0 Å². The Balaban J connectivity index is 1.66. The molecule has 1 saturated carbocycles. The Morgan fingerprint density at radius 2 is 1.88 bits per heavy atom. The van der Waals surface area contributed by atoms with E-state index in [4.69, 9.17) is 14.8 Å². The molecule has 24 heavy (non-hydrogen) atoms. The molecule has 0 spiro atoms. The highest BCUT2D eigenvalue weighted by atomic mass is 32.2. The molecule has 1 aliphatic carbocycles. The Morgan fingerprint density at radius 3 is 2.58 bits per heavy atom. The summed E-state index contributed by atoms with van der Waals surface area (Å²) >= 11 is 1.44. The van der Waals surface area contributed by atoms with Crippen molar-refractivity contribution in [1.29, 1.82) is 0 Å². The summed E-state index contributed by atoms with van der Waals surface area (Å²) in [5, 5.41) is 5.23. The van der Waals surface area contributed by atoms with Crippen LogP contribution in [0, 0.1) is 0 Å². The van der Waals surface area contributed by atoms with Crippen LogP contribution in [0.25, 0.3) is 5.69 Å². The first-order valence-electron chi connectivity index (χ1n) is 8.67. The van der Waals surface area contributed by atoms with Crippen molar-refractivity contribution in [2.24, 2.45) is 0 Å². The van der Waals surface area contributed by atoms with E-state index in [1.807, 2.05) is 22.9 Å². The zero-order valence-corrected chi connectivity index (χ0v) is 14.4. The third-order valence-electron chi connectivity index (χ3n) is 4.72. The second kappa shape index (κ2) is 6.97. The van der Waals surface area contributed by atoms with Crippen molar-refractivity contribution in [1.82, 2.24) is 14.8 Å². The first-order chi connectivity index (χ1) is 11.8. The highest BCUT2D eigenvalue weighted by molar-refractivity contribution is 8.00. The molecule has 0 bridgehead atoms. The van der Waals surface area contributed by atoms with E-state index in [9.17, 15) is 4.79 Å². The second-order valence-electron chi connectivity index (χ2n) is 6.40. The lowest BCUT2D eigenvalue weighted by molar-refractivity contribution is -0.137. The lowest BCUT2D eigenvalue weighted by atomic mass is 9.88. The van der Waals surface area contributed by atoms with Gasteiger partial charge >= 0.3 is 5.97 Å². The van der Waals surface area contributed by atoms with Crippen molar-refractivity contribution < 1.29 is 9.53 Å². The number of hydrogen-bond donors (Lipinski definition) is 0. The maximum Gasteiger partial charge on any atom is 0.319 e. The average Bonchev–Trinajstić information content (AvgIpc) is 3.24. The maximum atomic E-state index is 11.7. The van der Waals surface area contributed by atoms with Crippen LogP contribution in [0.1, 0.15) is 50.3 Å². The summed E-state index contributed by atoms with van der Waals surface area (Å²) < 4.78 is 7.02. The molecule has 4 rings (SSSR count). The number of aromatic nitrogens is 3. The van der Waals surface area contributed by atoms with Gasteiger partial charge in [0.05, 0.1) is 12.3 Å². The molecule has 1 saturated heterocycles. The number of cyclic esters (lactones) is 1. The standard InChI is InChI=1S/C18H21N3O2S/c22-17-15(11-12-23-17)24-18-19-16(13-7-3-1-4-8-13)21(20-18)14-9-5-2-6-10-14/h2,5-6,9-10,13,15H,1,3-4,7-8,11-12H2. The van der Waals surface area contributed by atoms with E-state index in [0.717, 1.165) is 17.9 Å². The minimum atomic E-state index is -0.171. The summed E-state index contributed by atoms with van der Waals surface area (Å²) in [6.07, 6.45) is 6.89. The third kappa shape index (κ3) is 3.20. The van der Waals surface area contributed by atoms with Crippen LogP contribution in [-0.4, -0.2) is 32.6 Å². The Labute approximate surface area is 145 Å². The monoisotopic (exact) mass is 343 g/mol. The number of carbonyl (C=O) groups excluding carboxylic acids is 1. The topological polar surface area (TPSA) is 57.0 Å². The van der Waals surface area contributed by atoms with Crippen LogP contribution in [0.15, 0.2) is 35.5 Å². The lowest BCUT2D eigenvalue weighted by Gasteiger charge is -2.21. The predicted molar refractivity (Wildman–Crippen MR) is 92.4 cm³/mol. The highest BCUT2D eigenvalue weighted by Gasteiger charge is 2.30. The highest BCUT2D eigenvalue weighted by Crippen LogP contribution is 2.35. The van der Waals surface area contributed by atoms with Crippen LogP contribution in [0.3, 0.4) is 0 Å². The molecule has 6 heteroatoms. The summed E-state index contributed by atoms with van der Waals surface area (Å²) in [7, 11) is 0. The van der Waals surface area contributed by atoms with E-state index in [1.54, 1.807) is 0 Å². The normalized spacial score (nSPS) is 21.8. The van der Waals surface area contributed by atoms with E-state index in [0.29, 0.717) is 17.7 Å². The zero-order chi connectivity index (χ0) is 16.4. The van der Waals surface area contributed by atoms with Gasteiger partial charge in [-0.1, -0.05) is 49.2 Å². The van der Waals surface area contributed by atoms with Crippen LogP contribution < -0.4 is 0 Å². The Morgan fingerprint density at radius 1 is 1.08 bits per heavy atom. The lowest BCUT2D eigenvalue weighted by Crippen LogP contribution is -2.12. The van der Waals surface area contributed by atoms with E-state index >= 15 is 0 Å². The molecule has 0 radical (unpaired) electrons.